The number of amides is 1. The van der Waals surface area contributed by atoms with Crippen LogP contribution in [-0.2, 0) is 0 Å². The highest BCUT2D eigenvalue weighted by Gasteiger charge is 2.35. The predicted octanol–water partition coefficient (Wildman–Crippen LogP) is 4.80. The molecule has 0 radical (unpaired) electrons. The van der Waals surface area contributed by atoms with E-state index in [0.29, 0.717) is 5.69 Å². The van der Waals surface area contributed by atoms with Crippen molar-refractivity contribution in [2.75, 3.05) is 5.32 Å². The molecule has 0 bridgehead atoms. The van der Waals surface area contributed by atoms with Crippen LogP contribution in [0.15, 0.2) is 46.9 Å². The number of alkyl halides is 3. The molecule has 0 aliphatic heterocycles. The van der Waals surface area contributed by atoms with Crippen molar-refractivity contribution in [2.24, 2.45) is 0 Å². The lowest BCUT2D eigenvalue weighted by atomic mass is 10.1. The van der Waals surface area contributed by atoms with Crippen molar-refractivity contribution in [2.45, 2.75) is 9.96 Å². The minimum Gasteiger partial charge on any atom is -0.362 e. The summed E-state index contributed by atoms with van der Waals surface area (Å²) in [7, 11) is 0. The Kier molecular flexibility index (Phi) is 7.05. The number of nitrogens with zero attached hydrogens (tertiary/aromatic N) is 2. The number of non-ortho nitro benzene ring substituents is 2. The molecule has 1 atom stereocenters. The molecule has 0 saturated carbocycles. The number of benzene rings is 2. The van der Waals surface area contributed by atoms with Crippen LogP contribution in [0.2, 0.25) is 0 Å². The molecule has 9 nitrogen and oxygen atoms in total. The van der Waals surface area contributed by atoms with Gasteiger partial charge >= 0.3 is 0 Å². The van der Waals surface area contributed by atoms with E-state index in [4.69, 9.17) is 34.8 Å². The van der Waals surface area contributed by atoms with E-state index in [1.165, 1.54) is 0 Å². The molecule has 0 aliphatic carbocycles. The Morgan fingerprint density at radius 1 is 1.00 bits per heavy atom. The van der Waals surface area contributed by atoms with Crippen molar-refractivity contribution in [3.8, 4) is 0 Å². The number of carbonyl (C=O) groups excluding carboxylic acids is 1. The van der Waals surface area contributed by atoms with Crippen LogP contribution >= 0.6 is 50.7 Å². The van der Waals surface area contributed by atoms with E-state index < -0.39 is 37.1 Å². The maximum absolute atomic E-state index is 12.5. The summed E-state index contributed by atoms with van der Waals surface area (Å²) >= 11 is 21.0. The fourth-order valence-corrected chi connectivity index (χ4v) is 2.66. The second kappa shape index (κ2) is 8.91. The maximum Gasteiger partial charge on any atom is 0.277 e. The number of halogens is 4. The molecular formula is C15H10BrCl3N4O5. The van der Waals surface area contributed by atoms with Crippen molar-refractivity contribution in [3.63, 3.8) is 0 Å². The van der Waals surface area contributed by atoms with Crippen molar-refractivity contribution in [3.05, 3.63) is 72.7 Å². The average molecular weight is 513 g/mol. The van der Waals surface area contributed by atoms with Crippen LogP contribution in [0.1, 0.15) is 10.4 Å². The molecule has 2 aromatic carbocycles. The first kappa shape index (κ1) is 22.2. The third-order valence-electron chi connectivity index (χ3n) is 3.34. The zero-order valence-electron chi connectivity index (χ0n) is 13.6. The van der Waals surface area contributed by atoms with Crippen LogP contribution in [0.25, 0.3) is 0 Å². The molecule has 13 heteroatoms. The Morgan fingerprint density at radius 2 is 1.50 bits per heavy atom. The van der Waals surface area contributed by atoms with Gasteiger partial charge < -0.3 is 10.6 Å². The molecule has 0 aromatic heterocycles. The topological polar surface area (TPSA) is 127 Å². The Bertz CT molecular complexity index is 889. The van der Waals surface area contributed by atoms with E-state index in [-0.39, 0.29) is 5.56 Å². The molecule has 1 amide bonds. The lowest BCUT2D eigenvalue weighted by Gasteiger charge is -2.27. The Balaban J connectivity index is 2.31. The van der Waals surface area contributed by atoms with E-state index in [0.717, 1.165) is 22.7 Å². The van der Waals surface area contributed by atoms with Gasteiger partial charge in [-0.05, 0) is 24.3 Å². The fraction of sp³-hybridized carbons (Fsp3) is 0.133. The van der Waals surface area contributed by atoms with Gasteiger partial charge in [0.05, 0.1) is 21.5 Å². The number of hydrogen-bond acceptors (Lipinski definition) is 6. The van der Waals surface area contributed by atoms with Crippen LogP contribution in [0, 0.1) is 20.2 Å². The second-order valence-electron chi connectivity index (χ2n) is 5.35. The van der Waals surface area contributed by atoms with Gasteiger partial charge in [-0.3, -0.25) is 25.0 Å². The van der Waals surface area contributed by atoms with Crippen LogP contribution in [0.3, 0.4) is 0 Å². The van der Waals surface area contributed by atoms with Gasteiger partial charge in [-0.2, -0.15) is 0 Å². The van der Waals surface area contributed by atoms with Crippen molar-refractivity contribution >= 4 is 73.7 Å². The summed E-state index contributed by atoms with van der Waals surface area (Å²) in [5.41, 5.74) is -1.07. The molecule has 0 heterocycles. The van der Waals surface area contributed by atoms with Crippen LogP contribution in [-0.4, -0.2) is 25.7 Å². The van der Waals surface area contributed by atoms with E-state index in [2.05, 4.69) is 26.6 Å². The third kappa shape index (κ3) is 5.93. The highest BCUT2D eigenvalue weighted by Crippen LogP contribution is 2.32. The second-order valence-corrected chi connectivity index (χ2v) is 8.64. The number of nitro groups is 2. The quantitative estimate of drug-likeness (QED) is 0.248. The summed E-state index contributed by atoms with van der Waals surface area (Å²) in [6, 6.07) is 9.24. The van der Waals surface area contributed by atoms with E-state index in [9.17, 15) is 25.0 Å². The van der Waals surface area contributed by atoms with Crippen molar-refractivity contribution in [1.29, 1.82) is 0 Å². The number of nitrogens with one attached hydrogen (secondary N) is 2. The molecule has 28 heavy (non-hydrogen) atoms. The Labute approximate surface area is 181 Å². The van der Waals surface area contributed by atoms with Gasteiger partial charge in [0, 0.05) is 22.3 Å². The molecule has 148 valence electrons. The van der Waals surface area contributed by atoms with Crippen molar-refractivity contribution < 1.29 is 14.6 Å². The highest BCUT2D eigenvalue weighted by atomic mass is 79.9. The minimum absolute atomic E-state index is 0.335. The lowest BCUT2D eigenvalue weighted by Crippen LogP contribution is -2.49. The van der Waals surface area contributed by atoms with Crippen LogP contribution in [0.5, 0.6) is 0 Å². The molecule has 0 aliphatic rings. The van der Waals surface area contributed by atoms with Crippen LogP contribution < -0.4 is 10.6 Å². The molecule has 2 rings (SSSR count). The zero-order valence-corrected chi connectivity index (χ0v) is 17.4. The summed E-state index contributed by atoms with van der Waals surface area (Å²) in [5.74, 6) is -0.910. The minimum atomic E-state index is -2.00. The number of rotatable bonds is 6. The fourth-order valence-electron chi connectivity index (χ4n) is 2.06. The maximum atomic E-state index is 12.5. The van der Waals surface area contributed by atoms with Gasteiger partial charge in [-0.15, -0.1) is 0 Å². The molecule has 0 unspecified atom stereocenters. The standard InChI is InChI=1S/C15H10BrCl3N4O5/c16-9-1-3-10(4-2-9)20-14(15(17,18)19)21-13(24)8-5-11(22(25)26)7-12(6-8)23(27)28/h1-7,14,20H,(H,21,24)/t14-/m1/s1. The Morgan fingerprint density at radius 3 is 1.93 bits per heavy atom. The van der Waals surface area contributed by atoms with Gasteiger partial charge in [0.2, 0.25) is 3.79 Å². The summed E-state index contributed by atoms with van der Waals surface area (Å²) in [5, 5.41) is 27.1. The van der Waals surface area contributed by atoms with Crippen LogP contribution in [0.4, 0.5) is 17.1 Å². The summed E-state index contributed by atoms with van der Waals surface area (Å²) in [6.07, 6.45) is -1.25. The molecule has 2 N–H and O–H groups in total. The first-order chi connectivity index (χ1) is 13.0. The normalized spacial score (nSPS) is 12.1. The van der Waals surface area contributed by atoms with E-state index >= 15 is 0 Å². The SMILES string of the molecule is O=C(N[C@@H](Nc1ccc(Br)cc1)C(Cl)(Cl)Cl)c1cc([N+](=O)[O-])cc([N+](=O)[O-])c1. The largest absolute Gasteiger partial charge is 0.362 e. The highest BCUT2D eigenvalue weighted by molar-refractivity contribution is 9.10. The molecule has 0 saturated heterocycles. The molecule has 0 fully saturated rings. The lowest BCUT2D eigenvalue weighted by molar-refractivity contribution is -0.394. The monoisotopic (exact) mass is 510 g/mol. The van der Waals surface area contributed by atoms with Gasteiger partial charge in [0.1, 0.15) is 6.17 Å². The average Bonchev–Trinajstić information content (AvgIpc) is 2.61. The van der Waals surface area contributed by atoms with E-state index in [1.807, 2.05) is 0 Å². The summed E-state index contributed by atoms with van der Waals surface area (Å²) < 4.78 is -1.20. The first-order valence-corrected chi connectivity index (χ1v) is 9.23. The van der Waals surface area contributed by atoms with E-state index in [1.54, 1.807) is 24.3 Å². The number of nitro benzene ring substituents is 2. The van der Waals surface area contributed by atoms with Crippen molar-refractivity contribution in [1.82, 2.24) is 5.32 Å². The first-order valence-electron chi connectivity index (χ1n) is 7.31. The zero-order chi connectivity index (χ0) is 21.1. The van der Waals surface area contributed by atoms with Gasteiger partial charge in [-0.1, -0.05) is 50.7 Å². The third-order valence-corrected chi connectivity index (χ3v) is 4.53. The number of carbonyl (C=O) groups is 1. The van der Waals surface area contributed by atoms with Gasteiger partial charge in [0.15, 0.2) is 0 Å². The smallest absolute Gasteiger partial charge is 0.277 e. The Hall–Kier alpha value is -2.14. The number of anilines is 1. The van der Waals surface area contributed by atoms with Gasteiger partial charge in [-0.25, -0.2) is 0 Å². The number of hydrogen-bond donors (Lipinski definition) is 2. The molecule has 0 spiro atoms. The molecular weight excluding hydrogens is 502 g/mol. The summed E-state index contributed by atoms with van der Waals surface area (Å²) in [6.45, 7) is 0. The van der Waals surface area contributed by atoms with Gasteiger partial charge in [0.25, 0.3) is 17.3 Å². The summed E-state index contributed by atoms with van der Waals surface area (Å²) in [4.78, 5) is 32.8. The molecule has 2 aromatic rings. The predicted molar refractivity (Wildman–Crippen MR) is 109 cm³/mol.